The molecule has 134 valence electrons. The van der Waals surface area contributed by atoms with E-state index in [0.29, 0.717) is 18.1 Å². The van der Waals surface area contributed by atoms with Crippen LogP contribution in [0.25, 0.3) is 9.88 Å². The Labute approximate surface area is 160 Å². The zero-order valence-corrected chi connectivity index (χ0v) is 16.0. The molecule has 0 saturated carbocycles. The van der Waals surface area contributed by atoms with Crippen molar-refractivity contribution in [2.45, 2.75) is 6.92 Å². The number of para-hydroxylation sites is 2. The molecule has 1 saturated heterocycles. The highest BCUT2D eigenvalue weighted by atomic mass is 32.1. The van der Waals surface area contributed by atoms with Crippen LogP contribution in [0.2, 0.25) is 0 Å². The van der Waals surface area contributed by atoms with Crippen molar-refractivity contribution in [3.8, 4) is 9.88 Å². The molecular formula is C19H19N3O2S2. The Morgan fingerprint density at radius 2 is 2.00 bits per heavy atom. The Bertz CT molecular complexity index is 899. The minimum absolute atomic E-state index is 0.108. The molecule has 1 aromatic carbocycles. The van der Waals surface area contributed by atoms with Crippen LogP contribution in [0.1, 0.15) is 15.4 Å². The maximum absolute atomic E-state index is 12.9. The second-order valence-electron chi connectivity index (χ2n) is 5.98. The number of rotatable bonds is 4. The maximum Gasteiger partial charge on any atom is 0.267 e. The lowest BCUT2D eigenvalue weighted by Crippen LogP contribution is -2.36. The molecule has 0 atom stereocenters. The van der Waals surface area contributed by atoms with Crippen molar-refractivity contribution in [2.75, 3.05) is 36.5 Å². The number of thiophene rings is 1. The summed E-state index contributed by atoms with van der Waals surface area (Å²) >= 11 is 3.07. The number of thiazole rings is 1. The molecule has 3 aromatic rings. The second-order valence-corrected chi connectivity index (χ2v) is 7.93. The molecule has 1 aliphatic heterocycles. The van der Waals surface area contributed by atoms with E-state index in [1.807, 2.05) is 48.7 Å². The van der Waals surface area contributed by atoms with Gasteiger partial charge in [-0.25, -0.2) is 4.98 Å². The third-order valence-corrected chi connectivity index (χ3v) is 6.43. The lowest BCUT2D eigenvalue weighted by atomic mass is 10.2. The molecule has 0 unspecified atom stereocenters. The molecule has 0 spiro atoms. The van der Waals surface area contributed by atoms with E-state index in [2.05, 4.69) is 15.2 Å². The van der Waals surface area contributed by atoms with Crippen LogP contribution in [0, 0.1) is 6.92 Å². The fraction of sp³-hybridized carbons (Fsp3) is 0.263. The molecule has 1 aliphatic rings. The SMILES string of the molecule is Cc1nc(-c2cccs2)sc1C(=O)Nc1ccccc1N1CCOCC1. The van der Waals surface area contributed by atoms with E-state index in [0.717, 1.165) is 40.0 Å². The van der Waals surface area contributed by atoms with Gasteiger partial charge in [0.1, 0.15) is 9.88 Å². The summed E-state index contributed by atoms with van der Waals surface area (Å²) in [6, 6.07) is 11.9. The smallest absolute Gasteiger partial charge is 0.267 e. The van der Waals surface area contributed by atoms with E-state index < -0.39 is 0 Å². The number of carbonyl (C=O) groups is 1. The van der Waals surface area contributed by atoms with Crippen LogP contribution in [-0.2, 0) is 4.74 Å². The fourth-order valence-electron chi connectivity index (χ4n) is 2.95. The number of anilines is 2. The highest BCUT2D eigenvalue weighted by molar-refractivity contribution is 7.22. The van der Waals surface area contributed by atoms with Gasteiger partial charge in [0, 0.05) is 13.1 Å². The van der Waals surface area contributed by atoms with Gasteiger partial charge >= 0.3 is 0 Å². The quantitative estimate of drug-likeness (QED) is 0.729. The van der Waals surface area contributed by atoms with E-state index in [9.17, 15) is 4.79 Å². The van der Waals surface area contributed by atoms with Gasteiger partial charge in [-0.1, -0.05) is 18.2 Å². The predicted molar refractivity (Wildman–Crippen MR) is 108 cm³/mol. The Morgan fingerprint density at radius 1 is 1.19 bits per heavy atom. The predicted octanol–water partition coefficient (Wildman–Crippen LogP) is 4.27. The molecule has 3 heterocycles. The first-order valence-electron chi connectivity index (χ1n) is 8.47. The molecule has 4 rings (SSSR count). The van der Waals surface area contributed by atoms with Crippen molar-refractivity contribution in [3.63, 3.8) is 0 Å². The summed E-state index contributed by atoms with van der Waals surface area (Å²) < 4.78 is 5.43. The Hall–Kier alpha value is -2.22. The van der Waals surface area contributed by atoms with Crippen LogP contribution >= 0.6 is 22.7 Å². The number of nitrogens with one attached hydrogen (secondary N) is 1. The van der Waals surface area contributed by atoms with Crippen LogP contribution in [0.5, 0.6) is 0 Å². The monoisotopic (exact) mass is 385 g/mol. The topological polar surface area (TPSA) is 54.5 Å². The van der Waals surface area contributed by atoms with Crippen molar-refractivity contribution in [1.82, 2.24) is 4.98 Å². The molecule has 1 N–H and O–H groups in total. The molecule has 26 heavy (non-hydrogen) atoms. The summed E-state index contributed by atoms with van der Waals surface area (Å²) in [6.07, 6.45) is 0. The number of morpholine rings is 1. The van der Waals surface area contributed by atoms with Crippen molar-refractivity contribution in [3.05, 3.63) is 52.3 Å². The molecule has 0 bridgehead atoms. The first-order chi connectivity index (χ1) is 12.7. The number of hydrogen-bond acceptors (Lipinski definition) is 6. The van der Waals surface area contributed by atoms with E-state index >= 15 is 0 Å². The average molecular weight is 386 g/mol. The minimum atomic E-state index is -0.108. The van der Waals surface area contributed by atoms with Crippen molar-refractivity contribution < 1.29 is 9.53 Å². The van der Waals surface area contributed by atoms with E-state index in [1.54, 1.807) is 11.3 Å². The zero-order valence-electron chi connectivity index (χ0n) is 14.4. The zero-order chi connectivity index (χ0) is 17.9. The van der Waals surface area contributed by atoms with E-state index in [-0.39, 0.29) is 5.91 Å². The van der Waals surface area contributed by atoms with Gasteiger partial charge in [0.2, 0.25) is 0 Å². The largest absolute Gasteiger partial charge is 0.378 e. The third-order valence-electron chi connectivity index (χ3n) is 4.24. The Morgan fingerprint density at radius 3 is 2.77 bits per heavy atom. The van der Waals surface area contributed by atoms with Gasteiger partial charge in [0.05, 0.1) is 35.2 Å². The van der Waals surface area contributed by atoms with Crippen molar-refractivity contribution in [2.24, 2.45) is 0 Å². The highest BCUT2D eigenvalue weighted by Gasteiger charge is 2.20. The Kier molecular flexibility index (Phi) is 5.01. The molecule has 5 nitrogen and oxygen atoms in total. The molecule has 1 fully saturated rings. The number of benzene rings is 1. The number of amides is 1. The average Bonchev–Trinajstić information content (AvgIpc) is 3.32. The number of hydrogen-bond donors (Lipinski definition) is 1. The van der Waals surface area contributed by atoms with Crippen LogP contribution in [-0.4, -0.2) is 37.2 Å². The Balaban J connectivity index is 1.57. The molecule has 7 heteroatoms. The standard InChI is InChI=1S/C19H19N3O2S2/c1-13-17(26-19(20-13)16-7-4-12-25-16)18(23)21-14-5-2-3-6-15(14)22-8-10-24-11-9-22/h2-7,12H,8-11H2,1H3,(H,21,23). The molecule has 2 aromatic heterocycles. The van der Waals surface area contributed by atoms with Gasteiger partial charge in [0.15, 0.2) is 0 Å². The number of aromatic nitrogens is 1. The number of aryl methyl sites for hydroxylation is 1. The molecule has 1 amide bonds. The highest BCUT2D eigenvalue weighted by Crippen LogP contribution is 2.32. The first-order valence-corrected chi connectivity index (χ1v) is 10.2. The first kappa shape index (κ1) is 17.2. The van der Waals surface area contributed by atoms with Crippen molar-refractivity contribution in [1.29, 1.82) is 0 Å². The number of ether oxygens (including phenoxy) is 1. The van der Waals surface area contributed by atoms with Gasteiger partial charge in [-0.3, -0.25) is 4.79 Å². The van der Waals surface area contributed by atoms with Gasteiger partial charge < -0.3 is 15.0 Å². The molecule has 0 radical (unpaired) electrons. The van der Waals surface area contributed by atoms with Gasteiger partial charge in [-0.05, 0) is 30.5 Å². The van der Waals surface area contributed by atoms with E-state index in [4.69, 9.17) is 4.74 Å². The lowest BCUT2D eigenvalue weighted by Gasteiger charge is -2.30. The van der Waals surface area contributed by atoms with E-state index in [1.165, 1.54) is 11.3 Å². The van der Waals surface area contributed by atoms with Crippen LogP contribution < -0.4 is 10.2 Å². The number of carbonyl (C=O) groups excluding carboxylic acids is 1. The summed E-state index contributed by atoms with van der Waals surface area (Å²) in [5.41, 5.74) is 2.62. The summed E-state index contributed by atoms with van der Waals surface area (Å²) in [7, 11) is 0. The molecule has 0 aliphatic carbocycles. The summed E-state index contributed by atoms with van der Waals surface area (Å²) in [5.74, 6) is -0.108. The van der Waals surface area contributed by atoms with Crippen LogP contribution in [0.3, 0.4) is 0 Å². The minimum Gasteiger partial charge on any atom is -0.378 e. The summed E-state index contributed by atoms with van der Waals surface area (Å²) in [4.78, 5) is 21.4. The molecular weight excluding hydrogens is 366 g/mol. The summed E-state index contributed by atoms with van der Waals surface area (Å²) in [6.45, 7) is 4.96. The van der Waals surface area contributed by atoms with Gasteiger partial charge in [-0.2, -0.15) is 0 Å². The van der Waals surface area contributed by atoms with Crippen LogP contribution in [0.4, 0.5) is 11.4 Å². The van der Waals surface area contributed by atoms with Gasteiger partial charge in [0.25, 0.3) is 5.91 Å². The fourth-order valence-corrected chi connectivity index (χ4v) is 4.71. The lowest BCUT2D eigenvalue weighted by molar-refractivity contribution is 0.103. The normalized spacial score (nSPS) is 14.4. The van der Waals surface area contributed by atoms with Gasteiger partial charge in [-0.15, -0.1) is 22.7 Å². The summed E-state index contributed by atoms with van der Waals surface area (Å²) in [5, 5.41) is 5.99. The maximum atomic E-state index is 12.9. The second kappa shape index (κ2) is 7.57. The number of nitrogens with zero attached hydrogens (tertiary/aromatic N) is 2. The van der Waals surface area contributed by atoms with Crippen molar-refractivity contribution >= 4 is 40.0 Å². The van der Waals surface area contributed by atoms with Crippen LogP contribution in [0.15, 0.2) is 41.8 Å². The third kappa shape index (κ3) is 3.51.